The Labute approximate surface area is 180 Å². The summed E-state index contributed by atoms with van der Waals surface area (Å²) < 4.78 is 4.91. The van der Waals surface area contributed by atoms with E-state index < -0.39 is 5.25 Å². The van der Waals surface area contributed by atoms with Crippen molar-refractivity contribution in [2.45, 2.75) is 45.9 Å². The molecule has 8 nitrogen and oxygen atoms in total. The molecular weight excluding hydrogens is 404 g/mol. The number of hydrogen-bond donors (Lipinski definition) is 3. The molecule has 0 spiro atoms. The van der Waals surface area contributed by atoms with Crippen molar-refractivity contribution in [3.63, 3.8) is 0 Å². The van der Waals surface area contributed by atoms with Crippen LogP contribution in [0, 0.1) is 12.8 Å². The average Bonchev–Trinajstić information content (AvgIpc) is 3.14. The van der Waals surface area contributed by atoms with Gasteiger partial charge in [-0.05, 0) is 38.0 Å². The fourth-order valence-corrected chi connectivity index (χ4v) is 3.10. The summed E-state index contributed by atoms with van der Waals surface area (Å²) in [4.78, 5) is 36.3. The van der Waals surface area contributed by atoms with E-state index >= 15 is 0 Å². The monoisotopic (exact) mass is 432 g/mol. The number of aryl methyl sites for hydroxylation is 1. The second kappa shape index (κ2) is 11.4. The van der Waals surface area contributed by atoms with Crippen LogP contribution in [-0.2, 0) is 20.9 Å². The number of hydrogen-bond acceptors (Lipinski definition) is 6. The number of aromatic nitrogens is 1. The van der Waals surface area contributed by atoms with Crippen LogP contribution in [0.25, 0.3) is 0 Å². The number of nitrogens with zero attached hydrogens (tertiary/aromatic N) is 1. The van der Waals surface area contributed by atoms with Gasteiger partial charge in [-0.3, -0.25) is 14.4 Å². The fourth-order valence-electron chi connectivity index (χ4n) is 2.39. The number of carbonyl (C=O) groups is 3. The molecule has 2 atom stereocenters. The van der Waals surface area contributed by atoms with Crippen molar-refractivity contribution in [1.82, 2.24) is 10.5 Å². The molecule has 0 radical (unpaired) electrons. The van der Waals surface area contributed by atoms with E-state index in [9.17, 15) is 14.4 Å². The molecule has 162 valence electrons. The van der Waals surface area contributed by atoms with Crippen LogP contribution < -0.4 is 16.0 Å². The fraction of sp³-hybridized carbons (Fsp3) is 0.429. The molecule has 2 rings (SSSR count). The molecule has 3 amide bonds. The van der Waals surface area contributed by atoms with Gasteiger partial charge in [0.2, 0.25) is 17.7 Å². The molecule has 0 aliphatic heterocycles. The minimum Gasteiger partial charge on any atom is -0.360 e. The average molecular weight is 433 g/mol. The smallest absolute Gasteiger partial charge is 0.238 e. The maximum Gasteiger partial charge on any atom is 0.238 e. The zero-order valence-electron chi connectivity index (χ0n) is 17.7. The van der Waals surface area contributed by atoms with Gasteiger partial charge in [-0.25, -0.2) is 0 Å². The van der Waals surface area contributed by atoms with Gasteiger partial charge < -0.3 is 20.5 Å². The van der Waals surface area contributed by atoms with E-state index in [2.05, 4.69) is 21.1 Å². The Bertz CT molecular complexity index is 883. The maximum atomic E-state index is 12.1. The van der Waals surface area contributed by atoms with E-state index in [1.807, 2.05) is 38.1 Å². The first-order valence-electron chi connectivity index (χ1n) is 9.80. The minimum atomic E-state index is -0.424. The summed E-state index contributed by atoms with van der Waals surface area (Å²) in [6.07, 6.45) is 0.772. The summed E-state index contributed by atoms with van der Waals surface area (Å²) >= 11 is 1.23. The van der Waals surface area contributed by atoms with Gasteiger partial charge in [-0.15, -0.1) is 11.8 Å². The minimum absolute atomic E-state index is 0.0249. The van der Waals surface area contributed by atoms with E-state index in [0.717, 1.165) is 12.0 Å². The SMILES string of the molecule is CCC(C)C(=O)Nc1cccc(CNC(=O)CSC(C)C(=O)Nc2cc(C)on2)c1. The Hall–Kier alpha value is -2.81. The molecule has 3 N–H and O–H groups in total. The largest absolute Gasteiger partial charge is 0.360 e. The van der Waals surface area contributed by atoms with Crippen molar-refractivity contribution >= 4 is 41.0 Å². The first-order valence-corrected chi connectivity index (χ1v) is 10.9. The highest BCUT2D eigenvalue weighted by atomic mass is 32.2. The number of thioether (sulfide) groups is 1. The van der Waals surface area contributed by atoms with Crippen LogP contribution in [0.3, 0.4) is 0 Å². The second-order valence-electron chi connectivity index (χ2n) is 7.04. The summed E-state index contributed by atoms with van der Waals surface area (Å²) in [6.45, 7) is 7.65. The van der Waals surface area contributed by atoms with Crippen molar-refractivity contribution in [2.75, 3.05) is 16.4 Å². The van der Waals surface area contributed by atoms with Crippen molar-refractivity contribution in [2.24, 2.45) is 5.92 Å². The number of rotatable bonds is 10. The summed E-state index contributed by atoms with van der Waals surface area (Å²) in [5.74, 6) is 0.609. The molecule has 2 unspecified atom stereocenters. The quantitative estimate of drug-likeness (QED) is 0.531. The third-order valence-corrected chi connectivity index (χ3v) is 5.60. The van der Waals surface area contributed by atoms with Gasteiger partial charge in [0.25, 0.3) is 0 Å². The zero-order valence-corrected chi connectivity index (χ0v) is 18.5. The van der Waals surface area contributed by atoms with Crippen LogP contribution in [0.15, 0.2) is 34.9 Å². The van der Waals surface area contributed by atoms with Gasteiger partial charge in [-0.2, -0.15) is 0 Å². The van der Waals surface area contributed by atoms with Crippen molar-refractivity contribution in [1.29, 1.82) is 0 Å². The normalized spacial score (nSPS) is 12.7. The predicted octanol–water partition coefficient (Wildman–Crippen LogP) is 3.34. The van der Waals surface area contributed by atoms with E-state index in [4.69, 9.17) is 4.52 Å². The van der Waals surface area contributed by atoms with Gasteiger partial charge in [0.15, 0.2) is 5.82 Å². The number of carbonyl (C=O) groups excluding carboxylic acids is 3. The van der Waals surface area contributed by atoms with Gasteiger partial charge in [-0.1, -0.05) is 31.1 Å². The molecule has 0 saturated heterocycles. The molecule has 30 heavy (non-hydrogen) atoms. The van der Waals surface area contributed by atoms with Crippen molar-refractivity contribution in [3.8, 4) is 0 Å². The molecular formula is C21H28N4O4S. The Morgan fingerprint density at radius 1 is 1.13 bits per heavy atom. The summed E-state index contributed by atoms with van der Waals surface area (Å²) in [5, 5.41) is 11.6. The molecule has 2 aromatic rings. The maximum absolute atomic E-state index is 12.1. The second-order valence-corrected chi connectivity index (χ2v) is 8.37. The van der Waals surface area contributed by atoms with Crippen LogP contribution in [0.5, 0.6) is 0 Å². The topological polar surface area (TPSA) is 113 Å². The number of amides is 3. The highest BCUT2D eigenvalue weighted by Crippen LogP contribution is 2.15. The Kier molecular flexibility index (Phi) is 8.91. The first kappa shape index (κ1) is 23.5. The summed E-state index contributed by atoms with van der Waals surface area (Å²) in [7, 11) is 0. The lowest BCUT2D eigenvalue weighted by Gasteiger charge is -2.12. The van der Waals surface area contributed by atoms with Crippen LogP contribution in [0.2, 0.25) is 0 Å². The van der Waals surface area contributed by atoms with Gasteiger partial charge in [0.05, 0.1) is 11.0 Å². The Balaban J connectivity index is 1.75. The van der Waals surface area contributed by atoms with Crippen LogP contribution in [-0.4, -0.2) is 33.9 Å². The lowest BCUT2D eigenvalue weighted by Crippen LogP contribution is -2.28. The zero-order chi connectivity index (χ0) is 22.1. The molecule has 0 saturated carbocycles. The molecule has 9 heteroatoms. The van der Waals surface area contributed by atoms with E-state index in [1.165, 1.54) is 11.8 Å². The number of nitrogens with one attached hydrogen (secondary N) is 3. The Morgan fingerprint density at radius 3 is 2.57 bits per heavy atom. The van der Waals surface area contributed by atoms with E-state index in [0.29, 0.717) is 23.8 Å². The van der Waals surface area contributed by atoms with Crippen LogP contribution >= 0.6 is 11.8 Å². The standard InChI is InChI=1S/C21H28N4O4S/c1-5-13(2)20(27)23-17-8-6-7-16(10-17)11-22-19(26)12-30-15(4)21(28)24-18-9-14(3)29-25-18/h6-10,13,15H,5,11-12H2,1-4H3,(H,22,26)(H,23,27)(H,24,25,28). The van der Waals surface area contributed by atoms with Gasteiger partial charge in [0, 0.05) is 24.2 Å². The first-order chi connectivity index (χ1) is 14.3. The molecule has 1 aromatic carbocycles. The predicted molar refractivity (Wildman–Crippen MR) is 118 cm³/mol. The van der Waals surface area contributed by atoms with Gasteiger partial charge >= 0.3 is 0 Å². The van der Waals surface area contributed by atoms with Crippen molar-refractivity contribution < 1.29 is 18.9 Å². The molecule has 0 aliphatic carbocycles. The van der Waals surface area contributed by atoms with Crippen molar-refractivity contribution in [3.05, 3.63) is 41.7 Å². The molecule has 0 aliphatic rings. The molecule has 1 heterocycles. The number of anilines is 2. The lowest BCUT2D eigenvalue weighted by molar-refractivity contribution is -0.120. The molecule has 1 aromatic heterocycles. The third kappa shape index (κ3) is 7.55. The van der Waals surface area contributed by atoms with E-state index in [1.54, 1.807) is 19.9 Å². The Morgan fingerprint density at radius 2 is 1.90 bits per heavy atom. The summed E-state index contributed by atoms with van der Waals surface area (Å²) in [5.41, 5.74) is 1.58. The highest BCUT2D eigenvalue weighted by Gasteiger charge is 2.17. The van der Waals surface area contributed by atoms with Gasteiger partial charge in [0.1, 0.15) is 5.76 Å². The van der Waals surface area contributed by atoms with Crippen LogP contribution in [0.1, 0.15) is 38.5 Å². The summed E-state index contributed by atoms with van der Waals surface area (Å²) in [6, 6.07) is 8.99. The number of benzene rings is 1. The lowest BCUT2D eigenvalue weighted by atomic mass is 10.1. The molecule has 0 bridgehead atoms. The molecule has 0 fully saturated rings. The van der Waals surface area contributed by atoms with E-state index in [-0.39, 0.29) is 29.4 Å². The third-order valence-electron chi connectivity index (χ3n) is 4.46. The highest BCUT2D eigenvalue weighted by molar-refractivity contribution is 8.01. The van der Waals surface area contributed by atoms with Crippen LogP contribution in [0.4, 0.5) is 11.5 Å².